The molecule has 3 atom stereocenters. The molecule has 4 rings (SSSR count). The van der Waals surface area contributed by atoms with E-state index in [-0.39, 0.29) is 23.6 Å². The van der Waals surface area contributed by atoms with Crippen LogP contribution in [0, 0.1) is 19.8 Å². The number of amides is 1. The predicted octanol–water partition coefficient (Wildman–Crippen LogP) is 1.86. The first-order chi connectivity index (χ1) is 13.2. The molecule has 2 fully saturated rings. The van der Waals surface area contributed by atoms with Gasteiger partial charge in [0.05, 0.1) is 16.0 Å². The zero-order valence-electron chi connectivity index (χ0n) is 16.1. The Morgan fingerprint density at radius 1 is 1.43 bits per heavy atom. The summed E-state index contributed by atoms with van der Waals surface area (Å²) in [5.41, 5.74) is -0.510. The molecule has 3 heterocycles. The first-order valence-corrected chi connectivity index (χ1v) is 11.9. The van der Waals surface area contributed by atoms with Crippen molar-refractivity contribution in [2.75, 3.05) is 18.8 Å². The number of thiophene rings is 1. The van der Waals surface area contributed by atoms with Crippen molar-refractivity contribution in [3.05, 3.63) is 33.6 Å². The van der Waals surface area contributed by atoms with Gasteiger partial charge in [0.25, 0.3) is 5.91 Å². The second kappa shape index (κ2) is 6.93. The lowest BCUT2D eigenvalue weighted by molar-refractivity contribution is 0.0778. The second-order valence-corrected chi connectivity index (χ2v) is 11.1. The molecule has 0 bridgehead atoms. The van der Waals surface area contributed by atoms with E-state index >= 15 is 0 Å². The lowest BCUT2D eigenvalue weighted by Crippen LogP contribution is -2.39. The number of carbonyl (C=O) groups is 1. The summed E-state index contributed by atoms with van der Waals surface area (Å²) in [6, 6.07) is 3.61. The normalized spacial score (nSPS) is 27.3. The van der Waals surface area contributed by atoms with E-state index in [4.69, 9.17) is 4.52 Å². The lowest BCUT2D eigenvalue weighted by Gasteiger charge is -2.25. The highest BCUT2D eigenvalue weighted by molar-refractivity contribution is 7.89. The molecule has 1 aliphatic carbocycles. The van der Waals surface area contributed by atoms with Crippen molar-refractivity contribution < 1.29 is 17.7 Å². The first kappa shape index (κ1) is 19.5. The number of likely N-dealkylation sites (tertiary alicyclic amines) is 1. The van der Waals surface area contributed by atoms with Crippen LogP contribution in [0.1, 0.15) is 46.0 Å². The van der Waals surface area contributed by atoms with Gasteiger partial charge in [-0.2, -0.15) is 4.98 Å². The SMILES string of the molecule is CCS(=O)(=O)N[C@@H]1CC2CN(C(=O)c3ccc(C)s3)C[C@@]2(c2nc(C)no2)C1. The Morgan fingerprint density at radius 3 is 2.82 bits per heavy atom. The Kier molecular flexibility index (Phi) is 4.83. The van der Waals surface area contributed by atoms with Crippen molar-refractivity contribution in [1.29, 1.82) is 0 Å². The number of aromatic nitrogens is 2. The average molecular weight is 425 g/mol. The Morgan fingerprint density at radius 2 is 2.21 bits per heavy atom. The van der Waals surface area contributed by atoms with Crippen molar-refractivity contribution in [3.8, 4) is 0 Å². The summed E-state index contributed by atoms with van der Waals surface area (Å²) in [5.74, 6) is 1.17. The molecule has 0 radical (unpaired) electrons. The molecule has 2 aromatic rings. The van der Waals surface area contributed by atoms with E-state index in [1.807, 2.05) is 24.0 Å². The maximum atomic E-state index is 13.0. The maximum absolute atomic E-state index is 13.0. The number of rotatable bonds is 5. The fourth-order valence-electron chi connectivity index (χ4n) is 4.49. The summed E-state index contributed by atoms with van der Waals surface area (Å²) < 4.78 is 32.4. The van der Waals surface area contributed by atoms with E-state index in [0.29, 0.717) is 37.6 Å². The highest BCUT2D eigenvalue weighted by Crippen LogP contribution is 2.50. The van der Waals surface area contributed by atoms with Crippen molar-refractivity contribution in [3.63, 3.8) is 0 Å². The van der Waals surface area contributed by atoms with Gasteiger partial charge >= 0.3 is 0 Å². The third kappa shape index (κ3) is 3.37. The zero-order chi connectivity index (χ0) is 20.1. The van der Waals surface area contributed by atoms with Gasteiger partial charge in [0, 0.05) is 24.0 Å². The van der Waals surface area contributed by atoms with Crippen molar-refractivity contribution in [1.82, 2.24) is 19.8 Å². The summed E-state index contributed by atoms with van der Waals surface area (Å²) in [7, 11) is -3.30. The fraction of sp³-hybridized carbons (Fsp3) is 0.611. The van der Waals surface area contributed by atoms with E-state index < -0.39 is 15.4 Å². The number of carbonyl (C=O) groups excluding carboxylic acids is 1. The topological polar surface area (TPSA) is 105 Å². The molecule has 1 amide bonds. The fourth-order valence-corrected chi connectivity index (χ4v) is 6.18. The molecule has 1 unspecified atom stereocenters. The smallest absolute Gasteiger partial charge is 0.263 e. The minimum absolute atomic E-state index is 0.00815. The zero-order valence-corrected chi connectivity index (χ0v) is 17.8. The molecule has 152 valence electrons. The largest absolute Gasteiger partial charge is 0.339 e. The number of nitrogens with one attached hydrogen (secondary N) is 1. The molecule has 1 saturated heterocycles. The van der Waals surface area contributed by atoms with Crippen molar-refractivity contribution in [2.24, 2.45) is 5.92 Å². The number of hydrogen-bond donors (Lipinski definition) is 1. The third-order valence-electron chi connectivity index (χ3n) is 5.79. The van der Waals surface area contributed by atoms with E-state index in [0.717, 1.165) is 9.75 Å². The minimum atomic E-state index is -3.30. The van der Waals surface area contributed by atoms with Gasteiger partial charge in [-0.15, -0.1) is 11.3 Å². The summed E-state index contributed by atoms with van der Waals surface area (Å²) in [6.45, 7) is 6.38. The van der Waals surface area contributed by atoms with Gasteiger partial charge in [-0.1, -0.05) is 5.16 Å². The molecule has 8 nitrogen and oxygen atoms in total. The number of sulfonamides is 1. The van der Waals surface area contributed by atoms with E-state index in [1.54, 1.807) is 13.8 Å². The van der Waals surface area contributed by atoms with Gasteiger partial charge in [0.1, 0.15) is 0 Å². The van der Waals surface area contributed by atoms with Crippen LogP contribution in [-0.2, 0) is 15.4 Å². The lowest BCUT2D eigenvalue weighted by atomic mass is 9.80. The number of aryl methyl sites for hydroxylation is 2. The van der Waals surface area contributed by atoms with Crippen LogP contribution in [0.5, 0.6) is 0 Å². The van der Waals surface area contributed by atoms with Gasteiger partial charge in [-0.05, 0) is 51.7 Å². The molecular weight excluding hydrogens is 400 g/mol. The van der Waals surface area contributed by atoms with E-state index in [2.05, 4.69) is 14.9 Å². The van der Waals surface area contributed by atoms with Gasteiger partial charge < -0.3 is 9.42 Å². The summed E-state index contributed by atoms with van der Waals surface area (Å²) in [5, 5.41) is 3.94. The van der Waals surface area contributed by atoms with Crippen LogP contribution in [0.15, 0.2) is 16.7 Å². The second-order valence-electron chi connectivity index (χ2n) is 7.75. The van der Waals surface area contributed by atoms with Crippen LogP contribution in [0.4, 0.5) is 0 Å². The monoisotopic (exact) mass is 424 g/mol. The van der Waals surface area contributed by atoms with Crippen LogP contribution in [0.25, 0.3) is 0 Å². The minimum Gasteiger partial charge on any atom is -0.339 e. The van der Waals surface area contributed by atoms with Crippen molar-refractivity contribution in [2.45, 2.75) is 45.1 Å². The van der Waals surface area contributed by atoms with E-state index in [1.165, 1.54) is 11.3 Å². The maximum Gasteiger partial charge on any atom is 0.263 e. The van der Waals surface area contributed by atoms with Crippen LogP contribution in [0.3, 0.4) is 0 Å². The summed E-state index contributed by atoms with van der Waals surface area (Å²) in [4.78, 5) is 21.1. The Labute approximate surface area is 168 Å². The molecule has 28 heavy (non-hydrogen) atoms. The van der Waals surface area contributed by atoms with Crippen LogP contribution in [0.2, 0.25) is 0 Å². The van der Waals surface area contributed by atoms with Crippen LogP contribution in [-0.4, -0.2) is 54.2 Å². The number of nitrogens with zero attached hydrogens (tertiary/aromatic N) is 3. The quantitative estimate of drug-likeness (QED) is 0.785. The number of hydrogen-bond acceptors (Lipinski definition) is 7. The molecule has 10 heteroatoms. The predicted molar refractivity (Wildman–Crippen MR) is 105 cm³/mol. The van der Waals surface area contributed by atoms with Crippen molar-refractivity contribution >= 4 is 27.3 Å². The standard InChI is InChI=1S/C18H24N4O4S2/c1-4-28(24,25)21-14-7-13-9-22(16(23)15-6-5-11(2)27-15)10-18(13,8-14)17-19-12(3)20-26-17/h5-6,13-14,21H,4,7-10H2,1-3H3/t13?,14-,18+/m1/s1. The van der Waals surface area contributed by atoms with Crippen LogP contribution >= 0.6 is 11.3 Å². The van der Waals surface area contributed by atoms with Gasteiger partial charge in [0.15, 0.2) is 5.82 Å². The Balaban J connectivity index is 1.62. The number of fused-ring (bicyclic) bond motifs is 1. The van der Waals surface area contributed by atoms with Gasteiger partial charge in [-0.25, -0.2) is 13.1 Å². The molecule has 1 N–H and O–H groups in total. The summed E-state index contributed by atoms with van der Waals surface area (Å²) >= 11 is 1.49. The Bertz CT molecular complexity index is 999. The highest BCUT2D eigenvalue weighted by Gasteiger charge is 2.58. The van der Waals surface area contributed by atoms with E-state index in [9.17, 15) is 13.2 Å². The highest BCUT2D eigenvalue weighted by atomic mass is 32.2. The molecule has 0 spiro atoms. The molecular formula is C18H24N4O4S2. The Hall–Kier alpha value is -1.78. The average Bonchev–Trinajstić information content (AvgIpc) is 3.37. The van der Waals surface area contributed by atoms with Gasteiger partial charge in [0.2, 0.25) is 15.9 Å². The molecule has 2 aromatic heterocycles. The van der Waals surface area contributed by atoms with Gasteiger partial charge in [-0.3, -0.25) is 4.79 Å². The first-order valence-electron chi connectivity index (χ1n) is 9.39. The molecule has 1 aliphatic heterocycles. The summed E-state index contributed by atoms with van der Waals surface area (Å²) in [6.07, 6.45) is 1.19. The third-order valence-corrected chi connectivity index (χ3v) is 8.23. The molecule has 1 saturated carbocycles. The van der Waals surface area contributed by atoms with Crippen LogP contribution < -0.4 is 4.72 Å². The molecule has 2 aliphatic rings. The molecule has 0 aromatic carbocycles.